The second-order valence-electron chi connectivity index (χ2n) is 5.05. The molecule has 0 fully saturated rings. The van der Waals surface area contributed by atoms with Gasteiger partial charge in [0.15, 0.2) is 11.5 Å². The summed E-state index contributed by atoms with van der Waals surface area (Å²) in [6.45, 7) is 2.43. The van der Waals surface area contributed by atoms with E-state index in [2.05, 4.69) is 4.98 Å². The topological polar surface area (TPSA) is 125 Å². The molecule has 2 aromatic rings. The van der Waals surface area contributed by atoms with Gasteiger partial charge >= 0.3 is 0 Å². The molecule has 1 aromatic carbocycles. The third-order valence-corrected chi connectivity index (χ3v) is 3.77. The number of anilines is 1. The van der Waals surface area contributed by atoms with Gasteiger partial charge in [0.2, 0.25) is 0 Å². The Hall–Kier alpha value is -3.16. The fourth-order valence-electron chi connectivity index (χ4n) is 2.32. The Bertz CT molecular complexity index is 954. The summed E-state index contributed by atoms with van der Waals surface area (Å²) in [7, 11) is 1.45. The molecule has 0 spiro atoms. The normalized spacial score (nSPS) is 9.96. The molecule has 7 nitrogen and oxygen atoms in total. The molecule has 1 heterocycles. The van der Waals surface area contributed by atoms with Crippen molar-refractivity contribution in [2.24, 2.45) is 0 Å². The summed E-state index contributed by atoms with van der Waals surface area (Å²) in [6, 6.07) is 6.73. The number of aromatic nitrogens is 1. The third kappa shape index (κ3) is 3.37. The summed E-state index contributed by atoms with van der Waals surface area (Å²) in [6.07, 6.45) is 0.796. The zero-order chi connectivity index (χ0) is 18.6. The van der Waals surface area contributed by atoms with Gasteiger partial charge in [-0.2, -0.15) is 10.5 Å². The van der Waals surface area contributed by atoms with Gasteiger partial charge in [-0.3, -0.25) is 4.79 Å². The lowest BCUT2D eigenvalue weighted by Gasteiger charge is -2.15. The van der Waals surface area contributed by atoms with Crippen LogP contribution in [-0.4, -0.2) is 18.7 Å². The molecular weight excluding hydrogens is 344 g/mol. The minimum atomic E-state index is -0.699. The van der Waals surface area contributed by atoms with Crippen LogP contribution in [0.3, 0.4) is 0 Å². The Balaban J connectivity index is 2.82. The number of nitrogens with one attached hydrogen (secondary N) is 1. The van der Waals surface area contributed by atoms with Crippen LogP contribution in [-0.2, 0) is 0 Å². The first-order chi connectivity index (χ1) is 12.0. The summed E-state index contributed by atoms with van der Waals surface area (Å²) >= 11 is 6.33. The van der Waals surface area contributed by atoms with E-state index in [4.69, 9.17) is 26.8 Å². The van der Waals surface area contributed by atoms with E-state index in [-0.39, 0.29) is 33.1 Å². The number of hydrogen-bond donors (Lipinski definition) is 2. The summed E-state index contributed by atoms with van der Waals surface area (Å²) in [5, 5.41) is 18.9. The zero-order valence-corrected chi connectivity index (χ0v) is 14.4. The number of nitrogen functional groups attached to an aromatic ring is 1. The quantitative estimate of drug-likeness (QED) is 0.846. The molecule has 0 saturated carbocycles. The second kappa shape index (κ2) is 7.61. The maximum absolute atomic E-state index is 12.0. The lowest BCUT2D eigenvalue weighted by atomic mass is 9.96. The molecule has 0 bridgehead atoms. The molecule has 0 aliphatic heterocycles. The molecule has 1 aromatic heterocycles. The number of rotatable bonds is 5. The van der Waals surface area contributed by atoms with Gasteiger partial charge < -0.3 is 20.2 Å². The summed E-state index contributed by atoms with van der Waals surface area (Å²) in [4.78, 5) is 14.3. The number of pyridine rings is 1. The van der Waals surface area contributed by atoms with Gasteiger partial charge in [-0.15, -0.1) is 0 Å². The van der Waals surface area contributed by atoms with Crippen molar-refractivity contribution in [2.75, 3.05) is 19.5 Å². The average molecular weight is 359 g/mol. The van der Waals surface area contributed by atoms with Crippen LogP contribution in [0, 0.1) is 22.7 Å². The van der Waals surface area contributed by atoms with Gasteiger partial charge in [0.05, 0.1) is 18.7 Å². The van der Waals surface area contributed by atoms with Crippen LogP contribution in [0.25, 0.3) is 11.1 Å². The van der Waals surface area contributed by atoms with Crippen molar-refractivity contribution in [3.63, 3.8) is 0 Å². The van der Waals surface area contributed by atoms with Crippen LogP contribution < -0.4 is 20.8 Å². The molecule has 0 saturated heterocycles. The fraction of sp³-hybridized carbons (Fsp3) is 0.235. The van der Waals surface area contributed by atoms with Crippen LogP contribution in [0.15, 0.2) is 16.9 Å². The summed E-state index contributed by atoms with van der Waals surface area (Å²) in [5.41, 5.74) is 5.08. The molecule has 3 N–H and O–H groups in total. The number of methoxy groups -OCH3 is 1. The van der Waals surface area contributed by atoms with Crippen molar-refractivity contribution in [3.8, 4) is 34.8 Å². The Morgan fingerprint density at radius 2 is 1.92 bits per heavy atom. The van der Waals surface area contributed by atoms with E-state index in [1.54, 1.807) is 6.07 Å². The minimum absolute atomic E-state index is 0.0395. The predicted molar refractivity (Wildman–Crippen MR) is 93.7 cm³/mol. The predicted octanol–water partition coefficient (Wildman–Crippen LogP) is 2.82. The minimum Gasteiger partial charge on any atom is -0.493 e. The number of hydrogen-bond acceptors (Lipinski definition) is 6. The highest BCUT2D eigenvalue weighted by Crippen LogP contribution is 2.40. The highest BCUT2D eigenvalue weighted by Gasteiger charge is 2.22. The first-order valence-corrected chi connectivity index (χ1v) is 7.72. The van der Waals surface area contributed by atoms with Gasteiger partial charge in [-0.05, 0) is 12.5 Å². The third-order valence-electron chi connectivity index (χ3n) is 3.45. The summed E-state index contributed by atoms with van der Waals surface area (Å²) in [5.74, 6) is 0.648. The molecule has 0 radical (unpaired) electrons. The number of halogens is 1. The standard InChI is InChI=1S/C17H15ClN4O3/c1-3-4-25-14-6-12(18)9(5-13(14)24-2)15-10(7-19)16(21)22-17(23)11(15)8-20/h5-6H,3-4H2,1-2H3,(H3,21,22,23). The number of H-pyrrole nitrogens is 1. The lowest BCUT2D eigenvalue weighted by Crippen LogP contribution is -2.16. The Labute approximate surface area is 149 Å². The Morgan fingerprint density at radius 3 is 2.48 bits per heavy atom. The smallest absolute Gasteiger partial charge is 0.268 e. The molecule has 128 valence electrons. The SMILES string of the molecule is CCCOc1cc(Cl)c(-c2c(C#N)c(N)[nH]c(=O)c2C#N)cc1OC. The van der Waals surface area contributed by atoms with Crippen LogP contribution in [0.1, 0.15) is 24.5 Å². The number of nitrogens with two attached hydrogens (primary N) is 1. The molecule has 0 aliphatic carbocycles. The van der Waals surface area contributed by atoms with Crippen molar-refractivity contribution in [1.82, 2.24) is 4.98 Å². The van der Waals surface area contributed by atoms with Crippen LogP contribution in [0.5, 0.6) is 11.5 Å². The van der Waals surface area contributed by atoms with Gasteiger partial charge in [0.25, 0.3) is 5.56 Å². The number of ether oxygens (including phenoxy) is 2. The molecule has 0 unspecified atom stereocenters. The zero-order valence-electron chi connectivity index (χ0n) is 13.6. The highest BCUT2D eigenvalue weighted by atomic mass is 35.5. The second-order valence-corrected chi connectivity index (χ2v) is 5.45. The van der Waals surface area contributed by atoms with E-state index in [1.807, 2.05) is 13.0 Å². The van der Waals surface area contributed by atoms with E-state index in [0.717, 1.165) is 6.42 Å². The number of aromatic amines is 1. The monoisotopic (exact) mass is 358 g/mol. The number of nitriles is 2. The molecule has 8 heteroatoms. The summed E-state index contributed by atoms with van der Waals surface area (Å²) < 4.78 is 10.9. The first-order valence-electron chi connectivity index (χ1n) is 7.35. The maximum Gasteiger partial charge on any atom is 0.268 e. The van der Waals surface area contributed by atoms with Crippen molar-refractivity contribution < 1.29 is 9.47 Å². The van der Waals surface area contributed by atoms with E-state index in [1.165, 1.54) is 19.2 Å². The average Bonchev–Trinajstić information content (AvgIpc) is 2.59. The van der Waals surface area contributed by atoms with Crippen molar-refractivity contribution in [1.29, 1.82) is 10.5 Å². The lowest BCUT2D eigenvalue weighted by molar-refractivity contribution is 0.294. The van der Waals surface area contributed by atoms with E-state index in [0.29, 0.717) is 18.1 Å². The van der Waals surface area contributed by atoms with Gasteiger partial charge in [0.1, 0.15) is 29.1 Å². The first kappa shape index (κ1) is 18.2. The van der Waals surface area contributed by atoms with Crippen LogP contribution in [0.2, 0.25) is 5.02 Å². The van der Waals surface area contributed by atoms with Crippen molar-refractivity contribution in [2.45, 2.75) is 13.3 Å². The molecule has 0 aliphatic rings. The molecule has 0 amide bonds. The fourth-order valence-corrected chi connectivity index (χ4v) is 2.57. The number of benzene rings is 1. The van der Waals surface area contributed by atoms with E-state index in [9.17, 15) is 15.3 Å². The van der Waals surface area contributed by atoms with Gasteiger partial charge in [-0.25, -0.2) is 0 Å². The van der Waals surface area contributed by atoms with Crippen LogP contribution >= 0.6 is 11.6 Å². The molecule has 2 rings (SSSR count). The molecule has 0 atom stereocenters. The highest BCUT2D eigenvalue weighted by molar-refractivity contribution is 6.33. The van der Waals surface area contributed by atoms with Gasteiger partial charge in [-0.1, -0.05) is 18.5 Å². The van der Waals surface area contributed by atoms with Crippen molar-refractivity contribution >= 4 is 17.4 Å². The van der Waals surface area contributed by atoms with Gasteiger partial charge in [0, 0.05) is 17.2 Å². The molecular formula is C17H15ClN4O3. The maximum atomic E-state index is 12.0. The Morgan fingerprint density at radius 1 is 1.24 bits per heavy atom. The van der Waals surface area contributed by atoms with Crippen molar-refractivity contribution in [3.05, 3.63) is 38.6 Å². The Kier molecular flexibility index (Phi) is 5.53. The number of nitrogens with zero attached hydrogens (tertiary/aromatic N) is 2. The van der Waals surface area contributed by atoms with Crippen LogP contribution in [0.4, 0.5) is 5.82 Å². The van der Waals surface area contributed by atoms with E-state index < -0.39 is 5.56 Å². The largest absolute Gasteiger partial charge is 0.493 e. The molecule has 25 heavy (non-hydrogen) atoms. The van der Waals surface area contributed by atoms with E-state index >= 15 is 0 Å².